The highest BCUT2D eigenvalue weighted by Gasteiger charge is 2.35. The van der Waals surface area contributed by atoms with Crippen LogP contribution in [0.25, 0.3) is 28.5 Å². The van der Waals surface area contributed by atoms with Crippen molar-refractivity contribution in [2.75, 3.05) is 4.90 Å². The van der Waals surface area contributed by atoms with Gasteiger partial charge in [0.25, 0.3) is 0 Å². The number of aromatic nitrogens is 7. The highest BCUT2D eigenvalue weighted by Crippen LogP contribution is 2.40. The van der Waals surface area contributed by atoms with Gasteiger partial charge < -0.3 is 4.90 Å². The molecular formula is C22H21FN8. The van der Waals surface area contributed by atoms with E-state index in [1.54, 1.807) is 37.1 Å². The van der Waals surface area contributed by atoms with Crippen molar-refractivity contribution in [3.05, 3.63) is 60.8 Å². The third-order valence-electron chi connectivity index (χ3n) is 5.43. The molecule has 9 heteroatoms. The maximum absolute atomic E-state index is 13.4. The minimum Gasteiger partial charge on any atom is -0.342 e. The predicted octanol–water partition coefficient (Wildman–Crippen LogP) is 4.00. The van der Waals surface area contributed by atoms with E-state index in [-0.39, 0.29) is 17.9 Å². The normalized spacial score (nSPS) is 15.1. The summed E-state index contributed by atoms with van der Waals surface area (Å²) >= 11 is 0. The lowest BCUT2D eigenvalue weighted by Gasteiger charge is -2.39. The summed E-state index contributed by atoms with van der Waals surface area (Å²) in [5.74, 6) is 1.84. The third-order valence-corrected chi connectivity index (χ3v) is 5.43. The number of halogens is 1. The molecule has 8 nitrogen and oxygen atoms in total. The number of hydrogen-bond acceptors (Lipinski definition) is 7. The summed E-state index contributed by atoms with van der Waals surface area (Å²) in [7, 11) is 0. The predicted molar refractivity (Wildman–Crippen MR) is 114 cm³/mol. The van der Waals surface area contributed by atoms with Gasteiger partial charge in [-0.05, 0) is 44.5 Å². The molecule has 0 radical (unpaired) electrons. The van der Waals surface area contributed by atoms with Gasteiger partial charge in [0.2, 0.25) is 0 Å². The van der Waals surface area contributed by atoms with Crippen LogP contribution >= 0.6 is 0 Å². The fourth-order valence-electron chi connectivity index (χ4n) is 4.07. The molecule has 31 heavy (non-hydrogen) atoms. The molecule has 4 heterocycles. The van der Waals surface area contributed by atoms with E-state index in [0.29, 0.717) is 17.2 Å². The highest BCUT2D eigenvalue weighted by atomic mass is 19.1. The molecule has 1 aromatic carbocycles. The summed E-state index contributed by atoms with van der Waals surface area (Å²) in [5, 5.41) is 8.46. The molecule has 1 atom stereocenters. The second-order valence-corrected chi connectivity index (χ2v) is 7.65. The SMILES string of the molecule is CCC1c2nncn2-c2cnc(-c3nccnc3-c3ccc(F)cc3)nc2N1C(C)C. The van der Waals surface area contributed by atoms with Gasteiger partial charge in [-0.3, -0.25) is 9.55 Å². The largest absolute Gasteiger partial charge is 0.342 e. The fourth-order valence-corrected chi connectivity index (χ4v) is 4.07. The van der Waals surface area contributed by atoms with Gasteiger partial charge in [-0.15, -0.1) is 10.2 Å². The van der Waals surface area contributed by atoms with Crippen LogP contribution in [0.2, 0.25) is 0 Å². The van der Waals surface area contributed by atoms with Gasteiger partial charge in [-0.2, -0.15) is 0 Å². The zero-order valence-corrected chi connectivity index (χ0v) is 17.4. The molecule has 0 bridgehead atoms. The maximum atomic E-state index is 13.4. The van der Waals surface area contributed by atoms with Crippen molar-refractivity contribution in [1.82, 2.24) is 34.7 Å². The van der Waals surface area contributed by atoms with E-state index in [2.05, 4.69) is 50.8 Å². The molecule has 1 aliphatic heterocycles. The Morgan fingerprint density at radius 1 is 1.03 bits per heavy atom. The van der Waals surface area contributed by atoms with Crippen LogP contribution in [0.3, 0.4) is 0 Å². The van der Waals surface area contributed by atoms with Gasteiger partial charge in [0.15, 0.2) is 17.5 Å². The first-order chi connectivity index (χ1) is 15.1. The number of benzene rings is 1. The van der Waals surface area contributed by atoms with E-state index in [1.165, 1.54) is 12.1 Å². The Bertz CT molecular complexity index is 1230. The number of nitrogens with zero attached hydrogens (tertiary/aromatic N) is 8. The first-order valence-electron chi connectivity index (χ1n) is 10.2. The molecule has 0 N–H and O–H groups in total. The van der Waals surface area contributed by atoms with Gasteiger partial charge in [0.05, 0.1) is 17.9 Å². The first-order valence-corrected chi connectivity index (χ1v) is 10.2. The minimum atomic E-state index is -0.304. The average Bonchev–Trinajstić information content (AvgIpc) is 3.28. The average molecular weight is 416 g/mol. The molecule has 0 spiro atoms. The number of hydrogen-bond donors (Lipinski definition) is 0. The Balaban J connectivity index is 1.69. The van der Waals surface area contributed by atoms with Gasteiger partial charge in [-0.25, -0.2) is 19.3 Å². The van der Waals surface area contributed by atoms with Crippen molar-refractivity contribution < 1.29 is 4.39 Å². The van der Waals surface area contributed by atoms with Crippen LogP contribution in [0.4, 0.5) is 10.2 Å². The molecular weight excluding hydrogens is 395 g/mol. The van der Waals surface area contributed by atoms with E-state index in [1.807, 2.05) is 4.57 Å². The Hall–Kier alpha value is -3.75. The lowest BCUT2D eigenvalue weighted by atomic mass is 10.1. The Labute approximate surface area is 178 Å². The zero-order valence-electron chi connectivity index (χ0n) is 17.4. The van der Waals surface area contributed by atoms with Crippen molar-refractivity contribution in [1.29, 1.82) is 0 Å². The summed E-state index contributed by atoms with van der Waals surface area (Å²) in [6.45, 7) is 6.39. The minimum absolute atomic E-state index is 0.0520. The molecule has 0 saturated heterocycles. The molecule has 5 rings (SSSR count). The quantitative estimate of drug-likeness (QED) is 0.497. The summed E-state index contributed by atoms with van der Waals surface area (Å²) in [5.41, 5.74) is 2.73. The first kappa shape index (κ1) is 19.2. The number of rotatable bonds is 4. The van der Waals surface area contributed by atoms with E-state index in [0.717, 1.165) is 29.3 Å². The third kappa shape index (κ3) is 3.13. The summed E-state index contributed by atoms with van der Waals surface area (Å²) in [4.78, 5) is 20.8. The van der Waals surface area contributed by atoms with Gasteiger partial charge in [-0.1, -0.05) is 6.92 Å². The molecule has 1 aliphatic rings. The lowest BCUT2D eigenvalue weighted by Crippen LogP contribution is -2.40. The maximum Gasteiger partial charge on any atom is 0.182 e. The molecule has 0 amide bonds. The van der Waals surface area contributed by atoms with Gasteiger partial charge in [0, 0.05) is 24.0 Å². The van der Waals surface area contributed by atoms with Gasteiger partial charge in [0.1, 0.15) is 23.5 Å². The molecule has 3 aromatic heterocycles. The zero-order chi connectivity index (χ0) is 21.5. The van der Waals surface area contributed by atoms with Crippen molar-refractivity contribution in [3.63, 3.8) is 0 Å². The fraction of sp³-hybridized carbons (Fsp3) is 0.273. The van der Waals surface area contributed by atoms with E-state index < -0.39 is 0 Å². The van der Waals surface area contributed by atoms with E-state index in [4.69, 9.17) is 4.98 Å². The molecule has 4 aromatic rings. The summed E-state index contributed by atoms with van der Waals surface area (Å²) in [6, 6.07) is 6.41. The van der Waals surface area contributed by atoms with Crippen molar-refractivity contribution in [3.8, 4) is 28.5 Å². The van der Waals surface area contributed by atoms with Crippen LogP contribution in [0.15, 0.2) is 49.2 Å². The van der Waals surface area contributed by atoms with Crippen molar-refractivity contribution in [2.24, 2.45) is 0 Å². The van der Waals surface area contributed by atoms with E-state index in [9.17, 15) is 4.39 Å². The second-order valence-electron chi connectivity index (χ2n) is 7.65. The molecule has 0 saturated carbocycles. The Kier molecular flexibility index (Phi) is 4.65. The van der Waals surface area contributed by atoms with Crippen LogP contribution in [-0.2, 0) is 0 Å². The lowest BCUT2D eigenvalue weighted by molar-refractivity contribution is 0.497. The summed E-state index contributed by atoms with van der Waals surface area (Å²) < 4.78 is 15.4. The topological polar surface area (TPSA) is 85.5 Å². The Morgan fingerprint density at radius 2 is 1.77 bits per heavy atom. The molecule has 0 aliphatic carbocycles. The summed E-state index contributed by atoms with van der Waals surface area (Å²) in [6.07, 6.45) is 7.55. The molecule has 0 fully saturated rings. The number of anilines is 1. The van der Waals surface area contributed by atoms with Crippen LogP contribution in [-0.4, -0.2) is 40.7 Å². The van der Waals surface area contributed by atoms with E-state index >= 15 is 0 Å². The highest BCUT2D eigenvalue weighted by molar-refractivity contribution is 5.76. The monoisotopic (exact) mass is 416 g/mol. The van der Waals surface area contributed by atoms with Crippen LogP contribution in [0.1, 0.15) is 39.1 Å². The molecule has 1 unspecified atom stereocenters. The smallest absolute Gasteiger partial charge is 0.182 e. The van der Waals surface area contributed by atoms with Gasteiger partial charge >= 0.3 is 0 Å². The Morgan fingerprint density at radius 3 is 2.48 bits per heavy atom. The van der Waals surface area contributed by atoms with Crippen LogP contribution < -0.4 is 4.90 Å². The second kappa shape index (κ2) is 7.50. The van der Waals surface area contributed by atoms with Crippen LogP contribution in [0, 0.1) is 5.82 Å². The standard InChI is InChI=1S/C22H21FN8/c1-4-16-22-29-27-12-30(22)17-11-26-20(28-21(17)31(16)13(2)3)19-18(24-9-10-25-19)14-5-7-15(23)8-6-14/h5-13,16H,4H2,1-3H3. The van der Waals surface area contributed by atoms with Crippen molar-refractivity contribution in [2.45, 2.75) is 39.3 Å². The van der Waals surface area contributed by atoms with Crippen LogP contribution in [0.5, 0.6) is 0 Å². The molecule has 156 valence electrons. The number of fused-ring (bicyclic) bond motifs is 3. The van der Waals surface area contributed by atoms with Crippen molar-refractivity contribution >= 4 is 5.82 Å².